The van der Waals surface area contributed by atoms with E-state index in [1.54, 1.807) is 31.4 Å². The highest BCUT2D eigenvalue weighted by Gasteiger charge is 2.22. The van der Waals surface area contributed by atoms with Gasteiger partial charge in [-0.1, -0.05) is 13.0 Å². The first-order valence-corrected chi connectivity index (χ1v) is 10.8. The van der Waals surface area contributed by atoms with E-state index in [2.05, 4.69) is 27.8 Å². The molecule has 0 atom stereocenters. The van der Waals surface area contributed by atoms with Gasteiger partial charge < -0.3 is 25.6 Å². The number of hydrogen-bond donors (Lipinski definition) is 3. The van der Waals surface area contributed by atoms with E-state index in [1.165, 1.54) is 0 Å². The Morgan fingerprint density at radius 2 is 1.71 bits per heavy atom. The lowest BCUT2D eigenvalue weighted by atomic mass is 9.97. The van der Waals surface area contributed by atoms with Gasteiger partial charge in [0.2, 0.25) is 0 Å². The summed E-state index contributed by atoms with van der Waals surface area (Å²) in [4.78, 5) is 27.7. The minimum atomic E-state index is -0.386. The van der Waals surface area contributed by atoms with Crippen molar-refractivity contribution in [1.82, 2.24) is 5.32 Å². The third-order valence-corrected chi connectivity index (χ3v) is 5.37. The Labute approximate surface area is 184 Å². The van der Waals surface area contributed by atoms with Gasteiger partial charge in [0.05, 0.1) is 12.7 Å². The average molecular weight is 425 g/mol. The van der Waals surface area contributed by atoms with Crippen molar-refractivity contribution < 1.29 is 14.3 Å². The maximum Gasteiger partial charge on any atom is 0.323 e. The molecule has 7 nitrogen and oxygen atoms in total. The molecule has 1 heterocycles. The molecule has 3 N–H and O–H groups in total. The Bertz CT molecular complexity index is 921. The number of carbonyl (C=O) groups excluding carboxylic acids is 2. The summed E-state index contributed by atoms with van der Waals surface area (Å²) in [6.07, 6.45) is 2.21. The smallest absolute Gasteiger partial charge is 0.323 e. The fourth-order valence-electron chi connectivity index (χ4n) is 3.66. The second kappa shape index (κ2) is 10.2. The summed E-state index contributed by atoms with van der Waals surface area (Å²) < 4.78 is 5.18. The van der Waals surface area contributed by atoms with Gasteiger partial charge in [-0.15, -0.1) is 0 Å². The van der Waals surface area contributed by atoms with Crippen molar-refractivity contribution in [2.75, 3.05) is 35.7 Å². The van der Waals surface area contributed by atoms with Gasteiger partial charge in [0.15, 0.2) is 0 Å². The molecule has 0 saturated carbocycles. The average Bonchev–Trinajstić information content (AvgIpc) is 2.74. The van der Waals surface area contributed by atoms with Crippen molar-refractivity contribution in [3.63, 3.8) is 0 Å². The van der Waals surface area contributed by atoms with Crippen molar-refractivity contribution in [3.05, 3.63) is 48.0 Å². The fraction of sp³-hybridized carbons (Fsp3) is 0.417. The molecule has 1 saturated heterocycles. The zero-order valence-electron chi connectivity index (χ0n) is 18.7. The summed E-state index contributed by atoms with van der Waals surface area (Å²) in [5.74, 6) is 1.22. The molecule has 2 aromatic rings. The summed E-state index contributed by atoms with van der Waals surface area (Å²) in [5.41, 5.74) is 2.66. The van der Waals surface area contributed by atoms with Crippen molar-refractivity contribution in [1.29, 1.82) is 0 Å². The molecule has 31 heavy (non-hydrogen) atoms. The Morgan fingerprint density at radius 3 is 2.35 bits per heavy atom. The molecule has 3 amide bonds. The van der Waals surface area contributed by atoms with Crippen LogP contribution in [0.2, 0.25) is 0 Å². The molecule has 0 aromatic heterocycles. The van der Waals surface area contributed by atoms with Crippen LogP contribution in [0.4, 0.5) is 21.9 Å². The van der Waals surface area contributed by atoms with Gasteiger partial charge in [-0.2, -0.15) is 0 Å². The summed E-state index contributed by atoms with van der Waals surface area (Å²) in [7, 11) is 1.58. The van der Waals surface area contributed by atoms with Gasteiger partial charge in [-0.05, 0) is 62.9 Å². The monoisotopic (exact) mass is 424 g/mol. The summed E-state index contributed by atoms with van der Waals surface area (Å²) >= 11 is 0. The van der Waals surface area contributed by atoms with Crippen LogP contribution in [-0.2, 0) is 0 Å². The van der Waals surface area contributed by atoms with Gasteiger partial charge in [-0.25, -0.2) is 4.79 Å². The zero-order chi connectivity index (χ0) is 22.4. The molecule has 2 aromatic carbocycles. The minimum absolute atomic E-state index is 0.0229. The van der Waals surface area contributed by atoms with E-state index in [0.29, 0.717) is 28.6 Å². The lowest BCUT2D eigenvalue weighted by Gasteiger charge is -2.33. The zero-order valence-corrected chi connectivity index (χ0v) is 18.7. The van der Waals surface area contributed by atoms with Crippen LogP contribution < -0.4 is 25.6 Å². The number of carbonyl (C=O) groups is 2. The number of methoxy groups -OCH3 is 1. The summed E-state index contributed by atoms with van der Waals surface area (Å²) in [6.45, 7) is 7.98. The van der Waals surface area contributed by atoms with E-state index >= 15 is 0 Å². The largest absolute Gasteiger partial charge is 0.497 e. The minimum Gasteiger partial charge on any atom is -0.497 e. The highest BCUT2D eigenvalue weighted by atomic mass is 16.5. The molecule has 1 aliphatic heterocycles. The number of hydrogen-bond acceptors (Lipinski definition) is 4. The second-order valence-electron chi connectivity index (χ2n) is 8.34. The Hall–Kier alpha value is -3.22. The Morgan fingerprint density at radius 1 is 1.03 bits per heavy atom. The molecule has 7 heteroatoms. The standard InChI is InChI=1S/C24H32N4O3/c1-16(2)25-23(29)21-15-19(8-9-22(21)28-12-10-17(3)11-13-28)27-24(30)26-18-6-5-7-20(14-18)31-4/h5-9,14-17H,10-13H2,1-4H3,(H,25,29)(H2,26,27,30). The first-order valence-electron chi connectivity index (χ1n) is 10.8. The Balaban J connectivity index is 1.78. The van der Waals surface area contributed by atoms with Gasteiger partial charge in [0.1, 0.15) is 5.75 Å². The van der Waals surface area contributed by atoms with Gasteiger partial charge >= 0.3 is 6.03 Å². The molecule has 0 radical (unpaired) electrons. The normalized spacial score (nSPS) is 14.3. The first-order chi connectivity index (χ1) is 14.9. The third kappa shape index (κ3) is 6.13. The van der Waals surface area contributed by atoms with Crippen molar-refractivity contribution >= 4 is 29.0 Å². The van der Waals surface area contributed by atoms with Crippen molar-refractivity contribution in [3.8, 4) is 5.75 Å². The number of anilines is 3. The summed E-state index contributed by atoms with van der Waals surface area (Å²) in [6, 6.07) is 12.3. The van der Waals surface area contributed by atoms with Gasteiger partial charge in [-0.3, -0.25) is 4.79 Å². The molecule has 1 fully saturated rings. The maximum absolute atomic E-state index is 12.9. The van der Waals surface area contributed by atoms with Crippen molar-refractivity contribution in [2.24, 2.45) is 5.92 Å². The maximum atomic E-state index is 12.9. The van der Waals surface area contributed by atoms with Crippen LogP contribution in [-0.4, -0.2) is 38.2 Å². The molecule has 166 valence electrons. The van der Waals surface area contributed by atoms with Gasteiger partial charge in [0, 0.05) is 42.3 Å². The van der Waals surface area contributed by atoms with Crippen LogP contribution in [0, 0.1) is 5.92 Å². The Kier molecular flexibility index (Phi) is 7.39. The highest BCUT2D eigenvalue weighted by molar-refractivity contribution is 6.04. The molecule has 0 aliphatic carbocycles. The van der Waals surface area contributed by atoms with Crippen LogP contribution in [0.25, 0.3) is 0 Å². The SMILES string of the molecule is COc1cccc(NC(=O)Nc2ccc(N3CCC(C)CC3)c(C(=O)NC(C)C)c2)c1. The van der Waals surface area contributed by atoms with Crippen molar-refractivity contribution in [2.45, 2.75) is 39.7 Å². The molecular formula is C24H32N4O3. The molecule has 1 aliphatic rings. The lowest BCUT2D eigenvalue weighted by molar-refractivity contribution is 0.0943. The van der Waals surface area contributed by atoms with Crippen LogP contribution in [0.5, 0.6) is 5.75 Å². The fourth-order valence-corrected chi connectivity index (χ4v) is 3.66. The molecule has 0 bridgehead atoms. The first kappa shape index (κ1) is 22.5. The van der Waals surface area contributed by atoms with Gasteiger partial charge in [0.25, 0.3) is 5.91 Å². The number of amides is 3. The van der Waals surface area contributed by atoms with Crippen LogP contribution >= 0.6 is 0 Å². The number of rotatable bonds is 6. The molecule has 0 unspecified atom stereocenters. The quantitative estimate of drug-likeness (QED) is 0.627. The third-order valence-electron chi connectivity index (χ3n) is 5.37. The predicted molar refractivity (Wildman–Crippen MR) is 125 cm³/mol. The van der Waals surface area contributed by atoms with E-state index in [9.17, 15) is 9.59 Å². The van der Waals surface area contributed by atoms with Crippen LogP contribution in [0.15, 0.2) is 42.5 Å². The highest BCUT2D eigenvalue weighted by Crippen LogP contribution is 2.29. The van der Waals surface area contributed by atoms with E-state index in [4.69, 9.17) is 4.74 Å². The van der Waals surface area contributed by atoms with E-state index < -0.39 is 0 Å². The molecular weight excluding hydrogens is 392 g/mol. The van der Waals surface area contributed by atoms with E-state index in [0.717, 1.165) is 31.6 Å². The molecule has 0 spiro atoms. The summed E-state index contributed by atoms with van der Waals surface area (Å²) in [5, 5.41) is 8.58. The predicted octanol–water partition coefficient (Wildman–Crippen LogP) is 4.71. The van der Waals surface area contributed by atoms with E-state index in [1.807, 2.05) is 32.0 Å². The topological polar surface area (TPSA) is 82.7 Å². The number of benzene rings is 2. The van der Waals surface area contributed by atoms with Crippen LogP contribution in [0.1, 0.15) is 44.0 Å². The van der Waals surface area contributed by atoms with E-state index in [-0.39, 0.29) is 18.0 Å². The second-order valence-corrected chi connectivity index (χ2v) is 8.34. The van der Waals surface area contributed by atoms with Crippen LogP contribution in [0.3, 0.4) is 0 Å². The number of urea groups is 1. The lowest BCUT2D eigenvalue weighted by Crippen LogP contribution is -2.36. The number of ether oxygens (including phenoxy) is 1. The number of nitrogens with zero attached hydrogens (tertiary/aromatic N) is 1. The molecule has 3 rings (SSSR count). The number of piperidine rings is 1. The number of nitrogens with one attached hydrogen (secondary N) is 3.